The summed E-state index contributed by atoms with van der Waals surface area (Å²) in [5.41, 5.74) is 4.32. The Morgan fingerprint density at radius 1 is 1.21 bits per heavy atom. The highest BCUT2D eigenvalue weighted by atomic mass is 32.1. The van der Waals surface area contributed by atoms with Gasteiger partial charge in [0.15, 0.2) is 0 Å². The molecule has 0 aliphatic heterocycles. The second-order valence-electron chi connectivity index (χ2n) is 6.73. The molecule has 1 atom stereocenters. The molecule has 3 N–H and O–H groups in total. The van der Waals surface area contributed by atoms with E-state index >= 15 is 0 Å². The molecule has 0 saturated carbocycles. The molecule has 2 aromatic rings. The van der Waals surface area contributed by atoms with Crippen LogP contribution in [0, 0.1) is 0 Å². The zero-order valence-corrected chi connectivity index (χ0v) is 17.4. The number of aliphatic hydroxyl groups is 1. The van der Waals surface area contributed by atoms with E-state index in [1.807, 2.05) is 17.5 Å². The fraction of sp³-hybridized carbons (Fsp3) is 0.474. The lowest BCUT2D eigenvalue weighted by Gasteiger charge is -2.25. The van der Waals surface area contributed by atoms with Crippen LogP contribution in [0.4, 0.5) is 13.2 Å². The number of alkyl halides is 3. The molecule has 10 heteroatoms. The molecule has 1 aromatic carbocycles. The van der Waals surface area contributed by atoms with Gasteiger partial charge in [0.25, 0.3) is 0 Å². The molecule has 0 aliphatic carbocycles. The number of aryl methyl sites for hydroxylation is 2. The molecule has 0 aliphatic rings. The summed E-state index contributed by atoms with van der Waals surface area (Å²) in [6, 6.07) is 7.81. The standard InChI is InChI=1S/C19H23F3NO4PS/c20-19(21,22)16-11-14(7-8-18(23,12-24)13-27-28-25)5-6-17(16)26-9-1-3-15-4-2-10-29-15/h2,4-6,10-11,24H,1,3,7-9,12-13,23H2. The maximum atomic E-state index is 13.5. The van der Waals surface area contributed by atoms with Gasteiger partial charge in [0, 0.05) is 4.88 Å². The van der Waals surface area contributed by atoms with Gasteiger partial charge in [-0.1, -0.05) is 12.1 Å². The molecule has 2 rings (SSSR count). The van der Waals surface area contributed by atoms with E-state index in [4.69, 9.17) is 10.5 Å². The summed E-state index contributed by atoms with van der Waals surface area (Å²) < 4.78 is 60.9. The molecule has 0 saturated heterocycles. The Balaban J connectivity index is 2.01. The van der Waals surface area contributed by atoms with Crippen molar-refractivity contribution in [2.75, 3.05) is 19.8 Å². The number of thiophene rings is 1. The maximum absolute atomic E-state index is 13.5. The van der Waals surface area contributed by atoms with Crippen molar-refractivity contribution in [3.05, 3.63) is 51.7 Å². The van der Waals surface area contributed by atoms with Crippen LogP contribution in [0.5, 0.6) is 5.75 Å². The molecule has 0 spiro atoms. The molecule has 1 aromatic heterocycles. The van der Waals surface area contributed by atoms with Gasteiger partial charge in [-0.15, -0.1) is 11.3 Å². The molecule has 0 radical (unpaired) electrons. The van der Waals surface area contributed by atoms with Crippen molar-refractivity contribution in [3.8, 4) is 5.75 Å². The average Bonchev–Trinajstić information content (AvgIpc) is 3.21. The Hall–Kier alpha value is -1.51. The van der Waals surface area contributed by atoms with E-state index in [2.05, 4.69) is 4.52 Å². The minimum Gasteiger partial charge on any atom is -0.493 e. The van der Waals surface area contributed by atoms with Crippen LogP contribution in [-0.2, 0) is 28.1 Å². The van der Waals surface area contributed by atoms with Crippen molar-refractivity contribution in [3.63, 3.8) is 0 Å². The lowest BCUT2D eigenvalue weighted by atomic mass is 9.93. The fourth-order valence-corrected chi connectivity index (χ4v) is 3.77. The first kappa shape index (κ1) is 23.8. The number of ether oxygens (including phenoxy) is 1. The number of aliphatic hydroxyl groups excluding tert-OH is 1. The molecular weight excluding hydrogens is 426 g/mol. The highest BCUT2D eigenvalue weighted by molar-refractivity contribution is 7.17. The molecule has 1 unspecified atom stereocenters. The molecular formula is C19H23F3NO4PS. The lowest BCUT2D eigenvalue weighted by Crippen LogP contribution is -2.47. The van der Waals surface area contributed by atoms with Crippen LogP contribution in [0.3, 0.4) is 0 Å². The average molecular weight is 449 g/mol. The van der Waals surface area contributed by atoms with Crippen LogP contribution >= 0.6 is 20.0 Å². The number of hydrogen-bond acceptors (Lipinski definition) is 6. The SMILES string of the molecule is NC(CO)(CCc1ccc(OCCCc2cccs2)c(C(F)(F)F)c1)COP=O. The van der Waals surface area contributed by atoms with Gasteiger partial charge in [-0.3, -0.25) is 4.52 Å². The Bertz CT molecular complexity index is 773. The third kappa shape index (κ3) is 7.68. The van der Waals surface area contributed by atoms with Gasteiger partial charge in [-0.25, -0.2) is 4.57 Å². The van der Waals surface area contributed by atoms with Crippen molar-refractivity contribution in [1.29, 1.82) is 0 Å². The molecule has 160 valence electrons. The van der Waals surface area contributed by atoms with Gasteiger partial charge in [-0.05, 0) is 54.8 Å². The molecule has 0 amide bonds. The summed E-state index contributed by atoms with van der Waals surface area (Å²) in [6.45, 7) is -0.436. The molecule has 0 bridgehead atoms. The Labute approximate surface area is 172 Å². The van der Waals surface area contributed by atoms with Gasteiger partial charge in [0.05, 0.1) is 30.9 Å². The van der Waals surface area contributed by atoms with Gasteiger partial charge >= 0.3 is 14.9 Å². The molecule has 29 heavy (non-hydrogen) atoms. The normalized spacial score (nSPS) is 14.1. The van der Waals surface area contributed by atoms with E-state index in [-0.39, 0.29) is 31.8 Å². The molecule has 0 fully saturated rings. The van der Waals surface area contributed by atoms with Gasteiger partial charge in [0.1, 0.15) is 5.75 Å². The van der Waals surface area contributed by atoms with Crippen molar-refractivity contribution < 1.29 is 32.1 Å². The van der Waals surface area contributed by atoms with E-state index in [9.17, 15) is 22.8 Å². The van der Waals surface area contributed by atoms with Gasteiger partial charge in [-0.2, -0.15) is 13.2 Å². The van der Waals surface area contributed by atoms with Crippen molar-refractivity contribution >= 4 is 20.0 Å². The summed E-state index contributed by atoms with van der Waals surface area (Å²) in [5, 5.41) is 11.4. The van der Waals surface area contributed by atoms with E-state index in [1.165, 1.54) is 6.07 Å². The Morgan fingerprint density at radius 2 is 2.00 bits per heavy atom. The molecule has 1 heterocycles. The van der Waals surface area contributed by atoms with Crippen LogP contribution in [0.1, 0.15) is 28.8 Å². The summed E-state index contributed by atoms with van der Waals surface area (Å²) in [4.78, 5) is 1.16. The topological polar surface area (TPSA) is 81.8 Å². The van der Waals surface area contributed by atoms with Gasteiger partial charge in [0.2, 0.25) is 0 Å². The van der Waals surface area contributed by atoms with Crippen LogP contribution < -0.4 is 10.5 Å². The summed E-state index contributed by atoms with van der Waals surface area (Å²) in [5.74, 6) is -0.206. The van der Waals surface area contributed by atoms with E-state index in [0.717, 1.165) is 17.4 Å². The number of nitrogens with two attached hydrogens (primary N) is 1. The predicted octanol–water partition coefficient (Wildman–Crippen LogP) is 4.62. The minimum atomic E-state index is -4.56. The monoisotopic (exact) mass is 449 g/mol. The second-order valence-corrected chi connectivity index (χ2v) is 8.17. The number of benzene rings is 1. The van der Waals surface area contributed by atoms with E-state index in [0.29, 0.717) is 12.0 Å². The lowest BCUT2D eigenvalue weighted by molar-refractivity contribution is -0.139. The maximum Gasteiger partial charge on any atom is 0.419 e. The minimum absolute atomic E-state index is 0.164. The van der Waals surface area contributed by atoms with Crippen LogP contribution in [-0.4, -0.2) is 30.5 Å². The van der Waals surface area contributed by atoms with E-state index < -0.39 is 32.6 Å². The number of halogens is 3. The Kier molecular flexibility index (Phi) is 9.04. The fourth-order valence-electron chi connectivity index (χ4n) is 2.71. The third-order valence-corrected chi connectivity index (χ3v) is 5.56. The third-order valence-electron chi connectivity index (χ3n) is 4.39. The largest absolute Gasteiger partial charge is 0.493 e. The number of rotatable bonds is 12. The van der Waals surface area contributed by atoms with Crippen molar-refractivity contribution in [2.24, 2.45) is 5.73 Å². The first-order valence-corrected chi connectivity index (χ1v) is 10.6. The summed E-state index contributed by atoms with van der Waals surface area (Å²) in [7, 11) is -0.572. The smallest absolute Gasteiger partial charge is 0.419 e. The van der Waals surface area contributed by atoms with Crippen molar-refractivity contribution in [2.45, 2.75) is 37.4 Å². The predicted molar refractivity (Wildman–Crippen MR) is 105 cm³/mol. The van der Waals surface area contributed by atoms with Crippen LogP contribution in [0.15, 0.2) is 35.7 Å². The number of hydrogen-bond donors (Lipinski definition) is 2. The summed E-state index contributed by atoms with van der Waals surface area (Å²) in [6.07, 6.45) is -2.83. The highest BCUT2D eigenvalue weighted by Gasteiger charge is 2.35. The zero-order chi connectivity index (χ0) is 21.3. The first-order valence-electron chi connectivity index (χ1n) is 8.97. The van der Waals surface area contributed by atoms with Gasteiger partial charge < -0.3 is 15.6 Å². The van der Waals surface area contributed by atoms with Crippen LogP contribution in [0.25, 0.3) is 0 Å². The zero-order valence-electron chi connectivity index (χ0n) is 15.7. The Morgan fingerprint density at radius 3 is 2.62 bits per heavy atom. The first-order chi connectivity index (χ1) is 13.8. The van der Waals surface area contributed by atoms with E-state index in [1.54, 1.807) is 17.4 Å². The summed E-state index contributed by atoms with van der Waals surface area (Å²) >= 11 is 1.60. The second kappa shape index (κ2) is 11.0. The van der Waals surface area contributed by atoms with Crippen molar-refractivity contribution in [1.82, 2.24) is 0 Å². The quantitative estimate of drug-likeness (QED) is 0.365. The molecule has 5 nitrogen and oxygen atoms in total. The van der Waals surface area contributed by atoms with Crippen LogP contribution in [0.2, 0.25) is 0 Å². The highest BCUT2D eigenvalue weighted by Crippen LogP contribution is 2.37.